The summed E-state index contributed by atoms with van der Waals surface area (Å²) in [6.45, 7) is 0. The molecule has 0 bridgehead atoms. The summed E-state index contributed by atoms with van der Waals surface area (Å²) in [4.78, 5) is 23.2. The van der Waals surface area contributed by atoms with Crippen LogP contribution in [0.2, 0.25) is 0 Å². The van der Waals surface area contributed by atoms with Crippen molar-refractivity contribution in [2.75, 3.05) is 0 Å². The van der Waals surface area contributed by atoms with Crippen molar-refractivity contribution in [1.82, 2.24) is 10.9 Å². The summed E-state index contributed by atoms with van der Waals surface area (Å²) in [6.07, 6.45) is 3.10. The number of hydrogen-bond donors (Lipinski definition) is 2. The lowest BCUT2D eigenvalue weighted by Gasteiger charge is -1.99. The van der Waals surface area contributed by atoms with Gasteiger partial charge in [0.1, 0.15) is 0 Å². The van der Waals surface area contributed by atoms with E-state index in [2.05, 4.69) is 21.1 Å². The minimum absolute atomic E-state index is 0.223. The van der Waals surface area contributed by atoms with Gasteiger partial charge in [-0.25, -0.2) is 10.9 Å². The second-order valence-electron chi connectivity index (χ2n) is 4.95. The number of nitrogens with zero attached hydrogens (tertiary/aromatic N) is 2. The van der Waals surface area contributed by atoms with Gasteiger partial charge in [0, 0.05) is 0 Å². The van der Waals surface area contributed by atoms with Crippen LogP contribution in [-0.2, 0) is 22.4 Å². The zero-order chi connectivity index (χ0) is 17.0. The molecule has 0 fully saturated rings. The number of carbonyl (C=O) groups is 2. The van der Waals surface area contributed by atoms with Crippen LogP contribution in [0.25, 0.3) is 0 Å². The Morgan fingerprint density at radius 3 is 1.46 bits per heavy atom. The Bertz CT molecular complexity index is 649. The highest BCUT2D eigenvalue weighted by Crippen LogP contribution is 1.99. The molecule has 0 aromatic heterocycles. The molecule has 0 atom stereocenters. The lowest BCUT2D eigenvalue weighted by molar-refractivity contribution is -0.121. The maximum absolute atomic E-state index is 11.6. The molecule has 0 unspecified atom stereocenters. The Morgan fingerprint density at radius 1 is 0.708 bits per heavy atom. The molecule has 122 valence electrons. The summed E-state index contributed by atoms with van der Waals surface area (Å²) >= 11 is 0. The number of amides is 2. The fourth-order valence-electron chi connectivity index (χ4n) is 1.93. The topological polar surface area (TPSA) is 82.9 Å². The first-order valence-electron chi connectivity index (χ1n) is 7.44. The highest BCUT2D eigenvalue weighted by molar-refractivity contribution is 6.16. The van der Waals surface area contributed by atoms with E-state index in [9.17, 15) is 9.59 Å². The van der Waals surface area contributed by atoms with Gasteiger partial charge in [0.05, 0.1) is 25.3 Å². The van der Waals surface area contributed by atoms with Crippen LogP contribution >= 0.6 is 0 Å². The van der Waals surface area contributed by atoms with Crippen molar-refractivity contribution in [3.63, 3.8) is 0 Å². The highest BCUT2D eigenvalue weighted by atomic mass is 16.2. The first-order chi connectivity index (χ1) is 11.7. The van der Waals surface area contributed by atoms with Gasteiger partial charge >= 0.3 is 0 Å². The number of nitrogens with one attached hydrogen (secondary N) is 2. The third-order valence-electron chi connectivity index (χ3n) is 3.01. The van der Waals surface area contributed by atoms with E-state index in [0.29, 0.717) is 0 Å². The largest absolute Gasteiger partial charge is 0.273 e. The normalized spacial score (nSPS) is 10.8. The van der Waals surface area contributed by atoms with Gasteiger partial charge in [-0.2, -0.15) is 10.2 Å². The molecule has 0 aliphatic heterocycles. The Morgan fingerprint density at radius 2 is 1.08 bits per heavy atom. The third-order valence-corrected chi connectivity index (χ3v) is 3.01. The zero-order valence-corrected chi connectivity index (χ0v) is 13.1. The Kier molecular flexibility index (Phi) is 6.89. The molecule has 0 heterocycles. The van der Waals surface area contributed by atoms with E-state index in [1.807, 2.05) is 60.7 Å². The average molecular weight is 322 g/mol. The van der Waals surface area contributed by atoms with Gasteiger partial charge in [0.2, 0.25) is 11.8 Å². The van der Waals surface area contributed by atoms with E-state index in [4.69, 9.17) is 0 Å². The maximum Gasteiger partial charge on any atom is 0.244 e. The van der Waals surface area contributed by atoms with Crippen LogP contribution in [0.15, 0.2) is 70.9 Å². The van der Waals surface area contributed by atoms with Crippen molar-refractivity contribution in [2.24, 2.45) is 10.2 Å². The number of benzene rings is 2. The molecule has 0 saturated carbocycles. The second-order valence-corrected chi connectivity index (χ2v) is 4.95. The predicted octanol–water partition coefficient (Wildman–Crippen LogP) is 1.68. The van der Waals surface area contributed by atoms with Gasteiger partial charge in [0.25, 0.3) is 0 Å². The monoisotopic (exact) mass is 322 g/mol. The van der Waals surface area contributed by atoms with Crippen LogP contribution in [0.1, 0.15) is 11.1 Å². The zero-order valence-electron chi connectivity index (χ0n) is 13.1. The van der Waals surface area contributed by atoms with Crippen molar-refractivity contribution in [3.8, 4) is 0 Å². The van der Waals surface area contributed by atoms with Gasteiger partial charge in [-0.15, -0.1) is 0 Å². The van der Waals surface area contributed by atoms with Crippen molar-refractivity contribution in [1.29, 1.82) is 0 Å². The van der Waals surface area contributed by atoms with Crippen LogP contribution in [0, 0.1) is 0 Å². The Balaban J connectivity index is 1.65. The molecule has 24 heavy (non-hydrogen) atoms. The molecule has 0 aliphatic carbocycles. The summed E-state index contributed by atoms with van der Waals surface area (Å²) in [5.41, 5.74) is 6.59. The second kappa shape index (κ2) is 9.68. The number of carbonyl (C=O) groups excluding carboxylic acids is 2. The molecule has 2 amide bonds. The van der Waals surface area contributed by atoms with E-state index >= 15 is 0 Å². The lowest BCUT2D eigenvalue weighted by Crippen LogP contribution is -2.21. The van der Waals surface area contributed by atoms with Gasteiger partial charge in [-0.3, -0.25) is 9.59 Å². The SMILES string of the molecule is O=C(Cc1ccccc1)N/N=C/C=N/NC(=O)Cc1ccccc1. The van der Waals surface area contributed by atoms with Gasteiger partial charge in [-0.05, 0) is 11.1 Å². The van der Waals surface area contributed by atoms with Crippen molar-refractivity contribution < 1.29 is 9.59 Å². The van der Waals surface area contributed by atoms with E-state index in [1.165, 1.54) is 12.4 Å². The van der Waals surface area contributed by atoms with Crippen LogP contribution < -0.4 is 10.9 Å². The molecule has 0 saturated heterocycles. The van der Waals surface area contributed by atoms with E-state index < -0.39 is 0 Å². The maximum atomic E-state index is 11.6. The van der Waals surface area contributed by atoms with E-state index in [0.717, 1.165) is 11.1 Å². The lowest BCUT2D eigenvalue weighted by atomic mass is 10.1. The fraction of sp³-hybridized carbons (Fsp3) is 0.111. The smallest absolute Gasteiger partial charge is 0.244 e. The molecule has 6 heteroatoms. The van der Waals surface area contributed by atoms with Crippen molar-refractivity contribution in [2.45, 2.75) is 12.8 Å². The highest BCUT2D eigenvalue weighted by Gasteiger charge is 2.01. The molecule has 6 nitrogen and oxygen atoms in total. The fourth-order valence-corrected chi connectivity index (χ4v) is 1.93. The first kappa shape index (κ1) is 17.1. The minimum Gasteiger partial charge on any atom is -0.273 e. The molecular formula is C18H18N4O2. The molecule has 0 aliphatic rings. The van der Waals surface area contributed by atoms with Crippen molar-refractivity contribution in [3.05, 3.63) is 71.8 Å². The molecule has 2 aromatic carbocycles. The summed E-state index contributed by atoms with van der Waals surface area (Å²) in [7, 11) is 0. The standard InChI is InChI=1S/C18H18N4O2/c23-17(13-15-7-3-1-4-8-15)21-19-11-12-20-22-18(24)14-16-9-5-2-6-10-16/h1-12H,13-14H2,(H,21,23)(H,22,24)/b19-11+,20-12+. The predicted molar refractivity (Wildman–Crippen MR) is 93.6 cm³/mol. The van der Waals surface area contributed by atoms with Gasteiger partial charge in [-0.1, -0.05) is 60.7 Å². The van der Waals surface area contributed by atoms with E-state index in [-0.39, 0.29) is 24.7 Å². The molecule has 2 aromatic rings. The summed E-state index contributed by atoms with van der Waals surface area (Å²) in [6, 6.07) is 18.7. The quantitative estimate of drug-likeness (QED) is 0.600. The number of hydrazone groups is 2. The van der Waals surface area contributed by atoms with Crippen LogP contribution in [-0.4, -0.2) is 24.2 Å². The molecule has 2 rings (SSSR count). The molecule has 2 N–H and O–H groups in total. The molecular weight excluding hydrogens is 304 g/mol. The molecule has 0 spiro atoms. The van der Waals surface area contributed by atoms with Crippen molar-refractivity contribution >= 4 is 24.2 Å². The van der Waals surface area contributed by atoms with Crippen LogP contribution in [0.5, 0.6) is 0 Å². The summed E-state index contributed by atoms with van der Waals surface area (Å²) in [5, 5.41) is 7.45. The van der Waals surface area contributed by atoms with Crippen LogP contribution in [0.4, 0.5) is 0 Å². The molecule has 0 radical (unpaired) electrons. The number of rotatable bonds is 7. The number of hydrogen-bond acceptors (Lipinski definition) is 4. The summed E-state index contributed by atoms with van der Waals surface area (Å²) < 4.78 is 0. The van der Waals surface area contributed by atoms with E-state index in [1.54, 1.807) is 0 Å². The Labute approximate surface area is 140 Å². The average Bonchev–Trinajstić information content (AvgIpc) is 2.60. The minimum atomic E-state index is -0.223. The van der Waals surface area contributed by atoms with Gasteiger partial charge < -0.3 is 0 Å². The third kappa shape index (κ3) is 6.65. The summed E-state index contributed by atoms with van der Waals surface area (Å²) in [5.74, 6) is -0.446. The first-order valence-corrected chi connectivity index (χ1v) is 7.44. The Hall–Kier alpha value is -3.28. The van der Waals surface area contributed by atoms with Crippen LogP contribution in [0.3, 0.4) is 0 Å². The van der Waals surface area contributed by atoms with Gasteiger partial charge in [0.15, 0.2) is 0 Å².